The van der Waals surface area contributed by atoms with Crippen LogP contribution in [0.1, 0.15) is 44.9 Å². The fourth-order valence-electron chi connectivity index (χ4n) is 2.38. The molecule has 6 heteroatoms. The van der Waals surface area contributed by atoms with Crippen LogP contribution in [0.4, 0.5) is 0 Å². The molecule has 0 aliphatic rings. The molecule has 0 aliphatic carbocycles. The van der Waals surface area contributed by atoms with Crippen LogP contribution in [-0.2, 0) is 12.1 Å². The number of aromatic nitrogens is 2. The maximum Gasteiger partial charge on any atom is 0.127 e. The standard InChI is InChI=1S/C18H27N3O2.ClH/c1-13(16-8-7-15(22-5)9-17(16)23-6)19-10-14-11-20-21(12-14)18(2,3)4;/h7-9,11-13,19H,10H2,1-6H3;1H. The lowest BCUT2D eigenvalue weighted by Gasteiger charge is -2.19. The highest BCUT2D eigenvalue weighted by Crippen LogP contribution is 2.29. The van der Waals surface area contributed by atoms with Crippen LogP contribution in [0.2, 0.25) is 0 Å². The maximum absolute atomic E-state index is 5.47. The molecule has 24 heavy (non-hydrogen) atoms. The van der Waals surface area contributed by atoms with Crippen molar-refractivity contribution >= 4 is 12.4 Å². The molecule has 0 fully saturated rings. The van der Waals surface area contributed by atoms with Crippen molar-refractivity contribution in [2.45, 2.75) is 45.8 Å². The maximum atomic E-state index is 5.47. The average molecular weight is 354 g/mol. The van der Waals surface area contributed by atoms with Gasteiger partial charge in [-0.15, -0.1) is 12.4 Å². The normalized spacial score (nSPS) is 12.4. The number of halogens is 1. The highest BCUT2D eigenvalue weighted by Gasteiger charge is 2.15. The Labute approximate surface area is 150 Å². The summed E-state index contributed by atoms with van der Waals surface area (Å²) in [5, 5.41) is 7.95. The van der Waals surface area contributed by atoms with Crippen LogP contribution >= 0.6 is 12.4 Å². The minimum absolute atomic E-state index is 0. The zero-order valence-corrected chi connectivity index (χ0v) is 16.1. The van der Waals surface area contributed by atoms with Gasteiger partial charge < -0.3 is 14.8 Å². The molecule has 0 radical (unpaired) electrons. The van der Waals surface area contributed by atoms with Crippen LogP contribution in [0, 0.1) is 0 Å². The Morgan fingerprint density at radius 2 is 1.92 bits per heavy atom. The molecule has 1 aromatic carbocycles. The van der Waals surface area contributed by atoms with E-state index in [1.165, 1.54) is 5.56 Å². The van der Waals surface area contributed by atoms with E-state index in [-0.39, 0.29) is 24.0 Å². The summed E-state index contributed by atoms with van der Waals surface area (Å²) in [6.45, 7) is 9.30. The molecule has 1 unspecified atom stereocenters. The quantitative estimate of drug-likeness (QED) is 0.854. The fourth-order valence-corrected chi connectivity index (χ4v) is 2.38. The molecule has 0 saturated heterocycles. The summed E-state index contributed by atoms with van der Waals surface area (Å²) < 4.78 is 12.7. The molecule has 0 bridgehead atoms. The van der Waals surface area contributed by atoms with E-state index < -0.39 is 0 Å². The molecule has 0 saturated carbocycles. The molecule has 0 spiro atoms. The first-order valence-electron chi connectivity index (χ1n) is 7.84. The predicted octanol–water partition coefficient (Wildman–Crippen LogP) is 3.93. The lowest BCUT2D eigenvalue weighted by atomic mass is 10.1. The van der Waals surface area contributed by atoms with Crippen molar-refractivity contribution in [1.82, 2.24) is 15.1 Å². The second kappa shape index (κ2) is 8.40. The number of nitrogens with zero attached hydrogens (tertiary/aromatic N) is 2. The summed E-state index contributed by atoms with van der Waals surface area (Å²) in [5.41, 5.74) is 2.28. The predicted molar refractivity (Wildman–Crippen MR) is 99.3 cm³/mol. The van der Waals surface area contributed by atoms with Crippen molar-refractivity contribution in [2.24, 2.45) is 0 Å². The van der Waals surface area contributed by atoms with Gasteiger partial charge in [-0.3, -0.25) is 4.68 Å². The van der Waals surface area contributed by atoms with Crippen LogP contribution in [0.3, 0.4) is 0 Å². The van der Waals surface area contributed by atoms with Crippen molar-refractivity contribution in [3.05, 3.63) is 41.7 Å². The van der Waals surface area contributed by atoms with Crippen molar-refractivity contribution in [2.75, 3.05) is 14.2 Å². The van der Waals surface area contributed by atoms with Crippen LogP contribution < -0.4 is 14.8 Å². The number of methoxy groups -OCH3 is 2. The van der Waals surface area contributed by atoms with Crippen LogP contribution in [-0.4, -0.2) is 24.0 Å². The van der Waals surface area contributed by atoms with Gasteiger partial charge in [0.15, 0.2) is 0 Å². The van der Waals surface area contributed by atoms with E-state index >= 15 is 0 Å². The highest BCUT2D eigenvalue weighted by atomic mass is 35.5. The highest BCUT2D eigenvalue weighted by molar-refractivity contribution is 5.85. The average Bonchev–Trinajstić information content (AvgIpc) is 3.01. The Morgan fingerprint density at radius 1 is 1.21 bits per heavy atom. The largest absolute Gasteiger partial charge is 0.497 e. The van der Waals surface area contributed by atoms with Gasteiger partial charge in [-0.25, -0.2) is 0 Å². The number of hydrogen-bond acceptors (Lipinski definition) is 4. The van der Waals surface area contributed by atoms with Gasteiger partial charge in [-0.05, 0) is 33.8 Å². The zero-order valence-electron chi connectivity index (χ0n) is 15.3. The van der Waals surface area contributed by atoms with E-state index in [1.807, 2.05) is 29.1 Å². The number of ether oxygens (including phenoxy) is 2. The van der Waals surface area contributed by atoms with Gasteiger partial charge in [-0.1, -0.05) is 6.07 Å². The van der Waals surface area contributed by atoms with E-state index in [0.29, 0.717) is 0 Å². The second-order valence-corrected chi connectivity index (χ2v) is 6.67. The van der Waals surface area contributed by atoms with Gasteiger partial charge in [0.2, 0.25) is 0 Å². The first-order valence-corrected chi connectivity index (χ1v) is 7.84. The number of hydrogen-bond donors (Lipinski definition) is 1. The summed E-state index contributed by atoms with van der Waals surface area (Å²) in [6, 6.07) is 6.06. The number of rotatable bonds is 6. The van der Waals surface area contributed by atoms with Crippen LogP contribution in [0.25, 0.3) is 0 Å². The first-order chi connectivity index (χ1) is 10.8. The van der Waals surface area contributed by atoms with Crippen LogP contribution in [0.5, 0.6) is 11.5 Å². The summed E-state index contributed by atoms with van der Waals surface area (Å²) >= 11 is 0. The lowest BCUT2D eigenvalue weighted by molar-refractivity contribution is 0.355. The fraction of sp³-hybridized carbons (Fsp3) is 0.500. The van der Waals surface area contributed by atoms with E-state index in [9.17, 15) is 0 Å². The Bertz CT molecular complexity index is 650. The van der Waals surface area contributed by atoms with Crippen molar-refractivity contribution in [1.29, 1.82) is 0 Å². The molecule has 1 aromatic heterocycles. The smallest absolute Gasteiger partial charge is 0.127 e. The zero-order chi connectivity index (χ0) is 17.0. The molecule has 1 atom stereocenters. The third-order valence-corrected chi connectivity index (χ3v) is 3.84. The third kappa shape index (κ3) is 4.89. The molecule has 1 N–H and O–H groups in total. The molecule has 0 aliphatic heterocycles. The SMILES string of the molecule is COc1ccc(C(C)NCc2cnn(C(C)(C)C)c2)c(OC)c1.Cl. The molecule has 1 heterocycles. The van der Waals surface area contributed by atoms with Gasteiger partial charge in [-0.2, -0.15) is 5.10 Å². The van der Waals surface area contributed by atoms with Gasteiger partial charge in [0, 0.05) is 36.0 Å². The Morgan fingerprint density at radius 3 is 2.46 bits per heavy atom. The molecular weight excluding hydrogens is 326 g/mol. The summed E-state index contributed by atoms with van der Waals surface area (Å²) in [6.07, 6.45) is 4.00. The molecule has 2 rings (SSSR count). The lowest BCUT2D eigenvalue weighted by Crippen LogP contribution is -2.22. The Kier molecular flexibility index (Phi) is 7.11. The molecule has 5 nitrogen and oxygen atoms in total. The summed E-state index contributed by atoms with van der Waals surface area (Å²) in [5.74, 6) is 1.62. The van der Waals surface area contributed by atoms with E-state index in [0.717, 1.165) is 23.6 Å². The van der Waals surface area contributed by atoms with Gasteiger partial charge >= 0.3 is 0 Å². The minimum Gasteiger partial charge on any atom is -0.497 e. The Hall–Kier alpha value is -1.72. The van der Waals surface area contributed by atoms with E-state index in [1.54, 1.807) is 14.2 Å². The molecule has 134 valence electrons. The summed E-state index contributed by atoms with van der Waals surface area (Å²) in [4.78, 5) is 0. The van der Waals surface area contributed by atoms with Gasteiger partial charge in [0.1, 0.15) is 11.5 Å². The number of benzene rings is 1. The monoisotopic (exact) mass is 353 g/mol. The van der Waals surface area contributed by atoms with E-state index in [4.69, 9.17) is 9.47 Å². The van der Waals surface area contributed by atoms with Crippen molar-refractivity contribution in [3.8, 4) is 11.5 Å². The van der Waals surface area contributed by atoms with Crippen molar-refractivity contribution < 1.29 is 9.47 Å². The number of nitrogens with one attached hydrogen (secondary N) is 1. The van der Waals surface area contributed by atoms with E-state index in [2.05, 4.69) is 44.3 Å². The minimum atomic E-state index is 0. The van der Waals surface area contributed by atoms with Crippen LogP contribution in [0.15, 0.2) is 30.6 Å². The summed E-state index contributed by atoms with van der Waals surface area (Å²) in [7, 11) is 3.33. The van der Waals surface area contributed by atoms with Gasteiger partial charge in [0.25, 0.3) is 0 Å². The third-order valence-electron chi connectivity index (χ3n) is 3.84. The van der Waals surface area contributed by atoms with Crippen molar-refractivity contribution in [3.63, 3.8) is 0 Å². The molecule has 0 amide bonds. The topological polar surface area (TPSA) is 48.3 Å². The molecule has 2 aromatic rings. The second-order valence-electron chi connectivity index (χ2n) is 6.67. The van der Waals surface area contributed by atoms with Gasteiger partial charge in [0.05, 0.1) is 26.0 Å². The first kappa shape index (κ1) is 20.3. The Balaban J connectivity index is 0.00000288. The molecular formula is C18H28ClN3O2.